The molecule has 1 atom stereocenters. The van der Waals surface area contributed by atoms with Crippen LogP contribution in [0.25, 0.3) is 0 Å². The zero-order valence-corrected chi connectivity index (χ0v) is 8.31. The van der Waals surface area contributed by atoms with Crippen LogP contribution in [0.5, 0.6) is 0 Å². The SMILES string of the molecule is CC(C)CCOC[C@H]1CCNC1. The van der Waals surface area contributed by atoms with Gasteiger partial charge in [0.15, 0.2) is 0 Å². The average Bonchev–Trinajstić information content (AvgIpc) is 2.49. The van der Waals surface area contributed by atoms with Crippen molar-refractivity contribution >= 4 is 0 Å². The lowest BCUT2D eigenvalue weighted by molar-refractivity contribution is 0.0964. The highest BCUT2D eigenvalue weighted by molar-refractivity contribution is 4.70. The normalized spacial score (nSPS) is 23.8. The van der Waals surface area contributed by atoms with Crippen LogP contribution in [0, 0.1) is 11.8 Å². The fraction of sp³-hybridized carbons (Fsp3) is 1.00. The van der Waals surface area contributed by atoms with E-state index in [1.54, 1.807) is 0 Å². The Balaban J connectivity index is 1.88. The zero-order chi connectivity index (χ0) is 8.81. The molecular formula is C10H21NO. The molecule has 1 aliphatic rings. The van der Waals surface area contributed by atoms with E-state index in [1.807, 2.05) is 0 Å². The summed E-state index contributed by atoms with van der Waals surface area (Å²) >= 11 is 0. The Hall–Kier alpha value is -0.0800. The third kappa shape index (κ3) is 4.07. The fourth-order valence-electron chi connectivity index (χ4n) is 1.43. The molecule has 1 heterocycles. The molecule has 1 rings (SSSR count). The van der Waals surface area contributed by atoms with E-state index < -0.39 is 0 Å². The molecule has 0 radical (unpaired) electrons. The number of hydrogen-bond acceptors (Lipinski definition) is 2. The van der Waals surface area contributed by atoms with E-state index in [0.29, 0.717) is 0 Å². The number of ether oxygens (including phenoxy) is 1. The molecule has 0 amide bonds. The second kappa shape index (κ2) is 5.55. The number of hydrogen-bond donors (Lipinski definition) is 1. The van der Waals surface area contributed by atoms with Gasteiger partial charge in [-0.15, -0.1) is 0 Å². The lowest BCUT2D eigenvalue weighted by Crippen LogP contribution is -2.14. The van der Waals surface area contributed by atoms with Gasteiger partial charge in [-0.05, 0) is 31.2 Å². The summed E-state index contributed by atoms with van der Waals surface area (Å²) in [6, 6.07) is 0. The molecular weight excluding hydrogens is 150 g/mol. The number of nitrogens with one attached hydrogen (secondary N) is 1. The van der Waals surface area contributed by atoms with Crippen molar-refractivity contribution in [2.45, 2.75) is 26.7 Å². The minimum Gasteiger partial charge on any atom is -0.381 e. The third-order valence-electron chi connectivity index (χ3n) is 2.36. The van der Waals surface area contributed by atoms with Crippen LogP contribution >= 0.6 is 0 Å². The molecule has 0 aromatic heterocycles. The Bertz CT molecular complexity index is 108. The fourth-order valence-corrected chi connectivity index (χ4v) is 1.43. The van der Waals surface area contributed by atoms with Crippen LogP contribution < -0.4 is 5.32 Å². The first-order valence-electron chi connectivity index (χ1n) is 5.07. The van der Waals surface area contributed by atoms with Gasteiger partial charge in [-0.2, -0.15) is 0 Å². The van der Waals surface area contributed by atoms with Gasteiger partial charge in [0.05, 0.1) is 6.61 Å². The van der Waals surface area contributed by atoms with Crippen molar-refractivity contribution in [2.24, 2.45) is 11.8 Å². The van der Waals surface area contributed by atoms with Crippen molar-refractivity contribution in [3.63, 3.8) is 0 Å². The maximum Gasteiger partial charge on any atom is 0.0506 e. The van der Waals surface area contributed by atoms with Crippen molar-refractivity contribution in [2.75, 3.05) is 26.3 Å². The van der Waals surface area contributed by atoms with Crippen molar-refractivity contribution in [1.82, 2.24) is 5.32 Å². The predicted octanol–water partition coefficient (Wildman–Crippen LogP) is 1.66. The summed E-state index contributed by atoms with van der Waals surface area (Å²) in [6.07, 6.45) is 2.49. The first-order chi connectivity index (χ1) is 5.79. The van der Waals surface area contributed by atoms with E-state index >= 15 is 0 Å². The monoisotopic (exact) mass is 171 g/mol. The summed E-state index contributed by atoms with van der Waals surface area (Å²) in [7, 11) is 0. The summed E-state index contributed by atoms with van der Waals surface area (Å²) in [5.74, 6) is 1.55. The van der Waals surface area contributed by atoms with Gasteiger partial charge >= 0.3 is 0 Å². The van der Waals surface area contributed by atoms with Gasteiger partial charge in [0.25, 0.3) is 0 Å². The Kier molecular flexibility index (Phi) is 4.62. The summed E-state index contributed by atoms with van der Waals surface area (Å²) in [5, 5.41) is 3.34. The molecule has 0 bridgehead atoms. The minimum atomic E-state index is 0.770. The molecule has 0 aliphatic carbocycles. The Morgan fingerprint density at radius 2 is 2.33 bits per heavy atom. The van der Waals surface area contributed by atoms with Gasteiger partial charge in [0.2, 0.25) is 0 Å². The predicted molar refractivity (Wildman–Crippen MR) is 51.3 cm³/mol. The average molecular weight is 171 g/mol. The van der Waals surface area contributed by atoms with Gasteiger partial charge in [-0.1, -0.05) is 13.8 Å². The van der Waals surface area contributed by atoms with Gasteiger partial charge < -0.3 is 10.1 Å². The Labute approximate surface area is 75.7 Å². The van der Waals surface area contributed by atoms with E-state index in [-0.39, 0.29) is 0 Å². The first-order valence-corrected chi connectivity index (χ1v) is 5.07. The molecule has 1 aliphatic heterocycles. The molecule has 1 fully saturated rings. The second-order valence-corrected chi connectivity index (χ2v) is 4.12. The molecule has 72 valence electrons. The van der Waals surface area contributed by atoms with E-state index in [9.17, 15) is 0 Å². The van der Waals surface area contributed by atoms with E-state index in [2.05, 4.69) is 19.2 Å². The smallest absolute Gasteiger partial charge is 0.0506 e. The molecule has 2 heteroatoms. The topological polar surface area (TPSA) is 21.3 Å². The maximum atomic E-state index is 5.59. The van der Waals surface area contributed by atoms with Gasteiger partial charge in [0.1, 0.15) is 0 Å². The van der Waals surface area contributed by atoms with Crippen LogP contribution in [0.4, 0.5) is 0 Å². The molecule has 0 unspecified atom stereocenters. The molecule has 2 nitrogen and oxygen atoms in total. The van der Waals surface area contributed by atoms with Crippen LogP contribution in [0.1, 0.15) is 26.7 Å². The lowest BCUT2D eigenvalue weighted by Gasteiger charge is -2.10. The van der Waals surface area contributed by atoms with Crippen molar-refractivity contribution in [3.8, 4) is 0 Å². The second-order valence-electron chi connectivity index (χ2n) is 4.12. The zero-order valence-electron chi connectivity index (χ0n) is 8.31. The molecule has 0 aromatic carbocycles. The van der Waals surface area contributed by atoms with Crippen LogP contribution in [0.2, 0.25) is 0 Å². The summed E-state index contributed by atoms with van der Waals surface area (Å²) in [4.78, 5) is 0. The molecule has 12 heavy (non-hydrogen) atoms. The molecule has 0 saturated carbocycles. The highest BCUT2D eigenvalue weighted by Gasteiger charge is 2.13. The van der Waals surface area contributed by atoms with Crippen molar-refractivity contribution in [3.05, 3.63) is 0 Å². The van der Waals surface area contributed by atoms with E-state index in [1.165, 1.54) is 19.4 Å². The van der Waals surface area contributed by atoms with Crippen molar-refractivity contribution < 1.29 is 4.74 Å². The molecule has 0 aromatic rings. The Morgan fingerprint density at radius 3 is 2.92 bits per heavy atom. The van der Waals surface area contributed by atoms with Crippen LogP contribution in [-0.2, 0) is 4.74 Å². The van der Waals surface area contributed by atoms with E-state index in [4.69, 9.17) is 4.74 Å². The quantitative estimate of drug-likeness (QED) is 0.635. The Morgan fingerprint density at radius 1 is 1.50 bits per heavy atom. The van der Waals surface area contributed by atoms with Crippen LogP contribution in [0.3, 0.4) is 0 Å². The van der Waals surface area contributed by atoms with Gasteiger partial charge in [-0.3, -0.25) is 0 Å². The summed E-state index contributed by atoms with van der Waals surface area (Å²) in [5.41, 5.74) is 0. The molecule has 1 saturated heterocycles. The molecule has 1 N–H and O–H groups in total. The standard InChI is InChI=1S/C10H21NO/c1-9(2)4-6-12-8-10-3-5-11-7-10/h9-11H,3-8H2,1-2H3/t10-/m0/s1. The minimum absolute atomic E-state index is 0.770. The van der Waals surface area contributed by atoms with Gasteiger partial charge in [0, 0.05) is 13.2 Å². The highest BCUT2D eigenvalue weighted by Crippen LogP contribution is 2.08. The largest absolute Gasteiger partial charge is 0.381 e. The molecule has 0 spiro atoms. The van der Waals surface area contributed by atoms with Crippen LogP contribution in [0.15, 0.2) is 0 Å². The maximum absolute atomic E-state index is 5.59. The van der Waals surface area contributed by atoms with E-state index in [0.717, 1.165) is 31.6 Å². The highest BCUT2D eigenvalue weighted by atomic mass is 16.5. The first kappa shape index (κ1) is 10.0. The third-order valence-corrected chi connectivity index (χ3v) is 2.36. The van der Waals surface area contributed by atoms with Crippen molar-refractivity contribution in [1.29, 1.82) is 0 Å². The number of rotatable bonds is 5. The van der Waals surface area contributed by atoms with Gasteiger partial charge in [-0.25, -0.2) is 0 Å². The summed E-state index contributed by atoms with van der Waals surface area (Å²) in [6.45, 7) is 8.70. The lowest BCUT2D eigenvalue weighted by atomic mass is 10.1. The van der Waals surface area contributed by atoms with Crippen LogP contribution in [-0.4, -0.2) is 26.3 Å². The summed E-state index contributed by atoms with van der Waals surface area (Å²) < 4.78 is 5.59.